The molecule has 0 spiro atoms. The lowest BCUT2D eigenvalue weighted by Crippen LogP contribution is -2.48. The Kier molecular flexibility index (Phi) is 7.61. The van der Waals surface area contributed by atoms with Gasteiger partial charge in [-0.15, -0.1) is 0 Å². The number of sulfonamides is 1. The van der Waals surface area contributed by atoms with Crippen LogP contribution in [0.15, 0.2) is 34.2 Å². The Labute approximate surface area is 161 Å². The number of esters is 1. The van der Waals surface area contributed by atoms with Crippen molar-refractivity contribution in [1.82, 2.24) is 14.9 Å². The van der Waals surface area contributed by atoms with Crippen LogP contribution in [0.1, 0.15) is 25.3 Å². The van der Waals surface area contributed by atoms with Crippen molar-refractivity contribution in [3.05, 3.63) is 29.8 Å². The molecular formula is C18H28N4O4S. The summed E-state index contributed by atoms with van der Waals surface area (Å²) in [7, 11) is -0.340. The number of hydrogen-bond donors (Lipinski definition) is 2. The molecule has 1 aliphatic rings. The Morgan fingerprint density at radius 2 is 2.04 bits per heavy atom. The van der Waals surface area contributed by atoms with E-state index in [9.17, 15) is 13.2 Å². The highest BCUT2D eigenvalue weighted by atomic mass is 32.2. The smallest absolute Gasteiger partial charge is 0.310 e. The van der Waals surface area contributed by atoms with Gasteiger partial charge in [-0.05, 0) is 44.5 Å². The molecule has 0 saturated carbocycles. The minimum Gasteiger partial charge on any atom is -0.466 e. The molecule has 1 atom stereocenters. The molecule has 0 bridgehead atoms. The molecule has 150 valence electrons. The molecule has 0 amide bonds. The first-order valence-electron chi connectivity index (χ1n) is 9.06. The average molecular weight is 397 g/mol. The van der Waals surface area contributed by atoms with Gasteiger partial charge in [0.05, 0.1) is 17.4 Å². The average Bonchev–Trinajstić information content (AvgIpc) is 2.69. The SMILES string of the molecule is CCOC(=O)C1CCCN(C(=NC)NCc2ccc(S(=O)(=O)NC)cc2)C1. The summed E-state index contributed by atoms with van der Waals surface area (Å²) in [6.07, 6.45) is 1.73. The summed E-state index contributed by atoms with van der Waals surface area (Å²) in [5.74, 6) is 0.429. The molecule has 8 nitrogen and oxygen atoms in total. The van der Waals surface area contributed by atoms with E-state index in [1.54, 1.807) is 31.3 Å². The maximum Gasteiger partial charge on any atom is 0.310 e. The lowest BCUT2D eigenvalue weighted by Gasteiger charge is -2.34. The number of carbonyl (C=O) groups excluding carboxylic acids is 1. The van der Waals surface area contributed by atoms with Crippen LogP contribution in [0.2, 0.25) is 0 Å². The van der Waals surface area contributed by atoms with Crippen LogP contribution < -0.4 is 10.0 Å². The Bertz CT molecular complexity index is 762. The predicted molar refractivity (Wildman–Crippen MR) is 104 cm³/mol. The number of carbonyl (C=O) groups is 1. The van der Waals surface area contributed by atoms with Crippen LogP contribution in [-0.2, 0) is 26.1 Å². The number of aliphatic imine (C=N–C) groups is 1. The fraction of sp³-hybridized carbons (Fsp3) is 0.556. The number of benzene rings is 1. The molecule has 27 heavy (non-hydrogen) atoms. The maximum atomic E-state index is 12.0. The van der Waals surface area contributed by atoms with Crippen LogP contribution in [0.25, 0.3) is 0 Å². The summed E-state index contributed by atoms with van der Waals surface area (Å²) < 4.78 is 31.0. The van der Waals surface area contributed by atoms with Crippen molar-refractivity contribution in [3.63, 3.8) is 0 Å². The van der Waals surface area contributed by atoms with E-state index in [0.717, 1.165) is 30.9 Å². The molecule has 1 heterocycles. The number of likely N-dealkylation sites (tertiary alicyclic amines) is 1. The first-order valence-corrected chi connectivity index (χ1v) is 10.5. The predicted octanol–water partition coefficient (Wildman–Crippen LogP) is 0.945. The molecule has 1 fully saturated rings. The maximum absolute atomic E-state index is 12.0. The Morgan fingerprint density at radius 1 is 1.33 bits per heavy atom. The van der Waals surface area contributed by atoms with Crippen molar-refractivity contribution in [2.24, 2.45) is 10.9 Å². The fourth-order valence-corrected chi connectivity index (χ4v) is 3.77. The van der Waals surface area contributed by atoms with Crippen LogP contribution in [0, 0.1) is 5.92 Å². The topological polar surface area (TPSA) is 100 Å². The van der Waals surface area contributed by atoms with E-state index in [4.69, 9.17) is 4.74 Å². The van der Waals surface area contributed by atoms with E-state index < -0.39 is 10.0 Å². The molecular weight excluding hydrogens is 368 g/mol. The molecule has 2 N–H and O–H groups in total. The molecule has 1 aromatic rings. The van der Waals surface area contributed by atoms with Gasteiger partial charge in [-0.1, -0.05) is 12.1 Å². The highest BCUT2D eigenvalue weighted by Gasteiger charge is 2.28. The lowest BCUT2D eigenvalue weighted by molar-refractivity contribution is -0.149. The van der Waals surface area contributed by atoms with Gasteiger partial charge < -0.3 is 15.0 Å². The summed E-state index contributed by atoms with van der Waals surface area (Å²) in [6, 6.07) is 6.68. The monoisotopic (exact) mass is 396 g/mol. The van der Waals surface area contributed by atoms with E-state index in [-0.39, 0.29) is 16.8 Å². The van der Waals surface area contributed by atoms with Crippen LogP contribution in [-0.4, -0.2) is 59.0 Å². The summed E-state index contributed by atoms with van der Waals surface area (Å²) >= 11 is 0. The molecule has 0 radical (unpaired) electrons. The van der Waals surface area contributed by atoms with Gasteiger partial charge in [0, 0.05) is 26.7 Å². The summed E-state index contributed by atoms with van der Waals surface area (Å²) in [4.78, 5) is 18.6. The highest BCUT2D eigenvalue weighted by molar-refractivity contribution is 7.89. The molecule has 2 rings (SSSR count). The Morgan fingerprint density at radius 3 is 2.63 bits per heavy atom. The van der Waals surface area contributed by atoms with E-state index >= 15 is 0 Å². The second-order valence-electron chi connectivity index (χ2n) is 6.29. The van der Waals surface area contributed by atoms with Gasteiger partial charge in [0.15, 0.2) is 5.96 Å². The Hall–Kier alpha value is -2.13. The van der Waals surface area contributed by atoms with Crippen LogP contribution in [0.5, 0.6) is 0 Å². The number of nitrogens with one attached hydrogen (secondary N) is 2. The van der Waals surface area contributed by atoms with Gasteiger partial charge in [-0.3, -0.25) is 9.79 Å². The second kappa shape index (κ2) is 9.70. The molecule has 0 aromatic heterocycles. The van der Waals surface area contributed by atoms with Crippen molar-refractivity contribution in [2.75, 3.05) is 33.8 Å². The van der Waals surface area contributed by atoms with Gasteiger partial charge in [-0.2, -0.15) is 0 Å². The summed E-state index contributed by atoms with van der Waals surface area (Å²) in [6.45, 7) is 4.12. The zero-order valence-corrected chi connectivity index (χ0v) is 16.9. The first-order chi connectivity index (χ1) is 12.9. The zero-order chi connectivity index (χ0) is 19.9. The molecule has 9 heteroatoms. The third-order valence-corrected chi connectivity index (χ3v) is 5.94. The molecule has 1 saturated heterocycles. The van der Waals surface area contributed by atoms with E-state index in [2.05, 4.69) is 19.9 Å². The minimum absolute atomic E-state index is 0.136. The number of piperidine rings is 1. The van der Waals surface area contributed by atoms with Gasteiger partial charge in [-0.25, -0.2) is 13.1 Å². The number of hydrogen-bond acceptors (Lipinski definition) is 5. The van der Waals surface area contributed by atoms with E-state index in [0.29, 0.717) is 19.7 Å². The fourth-order valence-electron chi connectivity index (χ4n) is 3.04. The zero-order valence-electron chi connectivity index (χ0n) is 16.1. The lowest BCUT2D eigenvalue weighted by atomic mass is 9.98. The molecule has 1 aliphatic heterocycles. The van der Waals surface area contributed by atoms with Gasteiger partial charge in [0.25, 0.3) is 0 Å². The second-order valence-corrected chi connectivity index (χ2v) is 8.18. The van der Waals surface area contributed by atoms with Crippen LogP contribution in [0.4, 0.5) is 0 Å². The van der Waals surface area contributed by atoms with E-state index in [1.165, 1.54) is 7.05 Å². The summed E-state index contributed by atoms with van der Waals surface area (Å²) in [5.41, 5.74) is 0.935. The van der Waals surface area contributed by atoms with Crippen molar-refractivity contribution >= 4 is 22.0 Å². The minimum atomic E-state index is -3.43. The third-order valence-electron chi connectivity index (χ3n) is 4.51. The summed E-state index contributed by atoms with van der Waals surface area (Å²) in [5, 5.41) is 3.28. The number of rotatable bonds is 6. The molecule has 1 unspecified atom stereocenters. The molecule has 1 aromatic carbocycles. The van der Waals surface area contributed by atoms with Crippen LogP contribution in [0.3, 0.4) is 0 Å². The normalized spacial score (nSPS) is 18.3. The van der Waals surface area contributed by atoms with Gasteiger partial charge in [0.2, 0.25) is 10.0 Å². The quantitative estimate of drug-likeness (QED) is 0.422. The highest BCUT2D eigenvalue weighted by Crippen LogP contribution is 2.18. The van der Waals surface area contributed by atoms with E-state index in [1.807, 2.05) is 6.92 Å². The molecule has 0 aliphatic carbocycles. The van der Waals surface area contributed by atoms with Crippen molar-refractivity contribution < 1.29 is 17.9 Å². The first kappa shape index (κ1) is 21.2. The number of nitrogens with zero attached hydrogens (tertiary/aromatic N) is 2. The van der Waals surface area contributed by atoms with Gasteiger partial charge >= 0.3 is 5.97 Å². The standard InChI is InChI=1S/C18H28N4O4S/c1-4-26-17(23)15-6-5-11-22(13-15)18(19-2)21-12-14-7-9-16(10-8-14)27(24,25)20-3/h7-10,15,20H,4-6,11-13H2,1-3H3,(H,19,21). The van der Waals surface area contributed by atoms with Crippen molar-refractivity contribution in [3.8, 4) is 0 Å². The van der Waals surface area contributed by atoms with Crippen LogP contribution >= 0.6 is 0 Å². The number of guanidine groups is 1. The van der Waals surface area contributed by atoms with Gasteiger partial charge in [0.1, 0.15) is 0 Å². The third kappa shape index (κ3) is 5.67. The van der Waals surface area contributed by atoms with Crippen molar-refractivity contribution in [2.45, 2.75) is 31.2 Å². The van der Waals surface area contributed by atoms with Crippen molar-refractivity contribution in [1.29, 1.82) is 0 Å². The number of ether oxygens (including phenoxy) is 1. The largest absolute Gasteiger partial charge is 0.466 e. The Balaban J connectivity index is 1.96.